The predicted molar refractivity (Wildman–Crippen MR) is 78.4 cm³/mol. The zero-order chi connectivity index (χ0) is 14.2. The third kappa shape index (κ3) is 7.70. The van der Waals surface area contributed by atoms with Crippen LogP contribution in [0, 0.1) is 11.3 Å². The maximum Gasteiger partial charge on any atom is 0.220 e. The summed E-state index contributed by atoms with van der Waals surface area (Å²) in [7, 11) is 0. The van der Waals surface area contributed by atoms with Crippen molar-refractivity contribution in [2.45, 2.75) is 72.8 Å². The molecule has 0 saturated carbocycles. The fraction of sp³-hybridized carbons (Fsp3) is 0.933. The number of nitrogens with one attached hydrogen (secondary N) is 1. The summed E-state index contributed by atoms with van der Waals surface area (Å²) in [6.45, 7) is 11.4. The predicted octanol–water partition coefficient (Wildman–Crippen LogP) is 3.08. The minimum Gasteiger partial charge on any atom is -0.353 e. The van der Waals surface area contributed by atoms with Crippen LogP contribution in [-0.2, 0) is 4.79 Å². The molecule has 0 aliphatic carbocycles. The largest absolute Gasteiger partial charge is 0.353 e. The zero-order valence-electron chi connectivity index (χ0n) is 12.9. The quantitative estimate of drug-likeness (QED) is 0.701. The minimum absolute atomic E-state index is 0.121. The smallest absolute Gasteiger partial charge is 0.220 e. The SMILES string of the molecule is CCCC(CCN)CCC(=O)NC(C)C(C)(C)C. The summed E-state index contributed by atoms with van der Waals surface area (Å²) >= 11 is 0. The van der Waals surface area contributed by atoms with Gasteiger partial charge in [0, 0.05) is 12.5 Å². The molecule has 0 aromatic heterocycles. The first-order valence-corrected chi connectivity index (χ1v) is 7.30. The van der Waals surface area contributed by atoms with E-state index in [4.69, 9.17) is 5.73 Å². The highest BCUT2D eigenvalue weighted by Crippen LogP contribution is 2.20. The van der Waals surface area contributed by atoms with E-state index in [0.29, 0.717) is 12.3 Å². The minimum atomic E-state index is 0.121. The molecule has 3 heteroatoms. The van der Waals surface area contributed by atoms with Crippen LogP contribution < -0.4 is 11.1 Å². The van der Waals surface area contributed by atoms with Gasteiger partial charge in [-0.3, -0.25) is 4.79 Å². The van der Waals surface area contributed by atoms with Crippen molar-refractivity contribution >= 4 is 5.91 Å². The molecule has 2 atom stereocenters. The zero-order valence-corrected chi connectivity index (χ0v) is 12.9. The van der Waals surface area contributed by atoms with Gasteiger partial charge >= 0.3 is 0 Å². The first-order valence-electron chi connectivity index (χ1n) is 7.30. The molecule has 18 heavy (non-hydrogen) atoms. The highest BCUT2D eigenvalue weighted by Gasteiger charge is 2.21. The lowest BCUT2D eigenvalue weighted by Gasteiger charge is -2.28. The Morgan fingerprint density at radius 2 is 1.83 bits per heavy atom. The van der Waals surface area contributed by atoms with Crippen LogP contribution in [0.3, 0.4) is 0 Å². The normalized spacial score (nSPS) is 15.2. The number of hydrogen-bond donors (Lipinski definition) is 2. The summed E-state index contributed by atoms with van der Waals surface area (Å²) in [5, 5.41) is 3.09. The number of carbonyl (C=O) groups is 1. The summed E-state index contributed by atoms with van der Waals surface area (Å²) < 4.78 is 0. The van der Waals surface area contributed by atoms with Crippen molar-refractivity contribution < 1.29 is 4.79 Å². The Bertz CT molecular complexity index is 227. The number of carbonyl (C=O) groups excluding carboxylic acids is 1. The third-order valence-corrected chi connectivity index (χ3v) is 3.73. The van der Waals surface area contributed by atoms with Gasteiger partial charge in [-0.05, 0) is 37.6 Å². The number of rotatable bonds is 8. The molecule has 0 aromatic carbocycles. The van der Waals surface area contributed by atoms with Crippen LogP contribution in [0.15, 0.2) is 0 Å². The molecule has 0 saturated heterocycles. The average Bonchev–Trinajstić information content (AvgIpc) is 2.25. The lowest BCUT2D eigenvalue weighted by molar-refractivity contribution is -0.122. The van der Waals surface area contributed by atoms with Crippen LogP contribution >= 0.6 is 0 Å². The van der Waals surface area contributed by atoms with E-state index < -0.39 is 0 Å². The second-order valence-electron chi connectivity index (χ2n) is 6.43. The van der Waals surface area contributed by atoms with E-state index in [0.717, 1.165) is 19.4 Å². The first kappa shape index (κ1) is 17.4. The van der Waals surface area contributed by atoms with Crippen molar-refractivity contribution in [1.29, 1.82) is 0 Å². The van der Waals surface area contributed by atoms with Gasteiger partial charge < -0.3 is 11.1 Å². The highest BCUT2D eigenvalue weighted by molar-refractivity contribution is 5.76. The van der Waals surface area contributed by atoms with Crippen LogP contribution in [-0.4, -0.2) is 18.5 Å². The molecule has 0 aliphatic heterocycles. The maximum absolute atomic E-state index is 11.9. The van der Waals surface area contributed by atoms with Gasteiger partial charge in [0.2, 0.25) is 5.91 Å². The van der Waals surface area contributed by atoms with E-state index in [-0.39, 0.29) is 17.4 Å². The van der Waals surface area contributed by atoms with Gasteiger partial charge in [0.05, 0.1) is 0 Å². The van der Waals surface area contributed by atoms with E-state index >= 15 is 0 Å². The molecule has 0 aliphatic rings. The third-order valence-electron chi connectivity index (χ3n) is 3.73. The fourth-order valence-electron chi connectivity index (χ4n) is 1.94. The number of amides is 1. The van der Waals surface area contributed by atoms with Crippen molar-refractivity contribution in [3.63, 3.8) is 0 Å². The van der Waals surface area contributed by atoms with Crippen molar-refractivity contribution in [1.82, 2.24) is 5.32 Å². The molecular formula is C15H32N2O. The van der Waals surface area contributed by atoms with Crippen LogP contribution in [0.5, 0.6) is 0 Å². The molecule has 0 rings (SSSR count). The van der Waals surface area contributed by atoms with E-state index in [1.807, 2.05) is 0 Å². The Hall–Kier alpha value is -0.570. The second-order valence-corrected chi connectivity index (χ2v) is 6.43. The average molecular weight is 256 g/mol. The van der Waals surface area contributed by atoms with E-state index in [9.17, 15) is 4.79 Å². The maximum atomic E-state index is 11.9. The highest BCUT2D eigenvalue weighted by atomic mass is 16.1. The molecule has 3 nitrogen and oxygen atoms in total. The van der Waals surface area contributed by atoms with Gasteiger partial charge in [-0.15, -0.1) is 0 Å². The monoisotopic (exact) mass is 256 g/mol. The molecule has 0 aromatic rings. The molecule has 1 amide bonds. The van der Waals surface area contributed by atoms with Crippen molar-refractivity contribution in [3.8, 4) is 0 Å². The molecule has 0 heterocycles. The van der Waals surface area contributed by atoms with Crippen molar-refractivity contribution in [2.24, 2.45) is 17.1 Å². The molecule has 0 bridgehead atoms. The Morgan fingerprint density at radius 3 is 2.28 bits per heavy atom. The Morgan fingerprint density at radius 1 is 1.22 bits per heavy atom. The van der Waals surface area contributed by atoms with Crippen LogP contribution in [0.2, 0.25) is 0 Å². The summed E-state index contributed by atoms with van der Waals surface area (Å²) in [5.41, 5.74) is 5.72. The topological polar surface area (TPSA) is 55.1 Å². The lowest BCUT2D eigenvalue weighted by Crippen LogP contribution is -2.41. The van der Waals surface area contributed by atoms with Gasteiger partial charge in [0.15, 0.2) is 0 Å². The van der Waals surface area contributed by atoms with Crippen LogP contribution in [0.25, 0.3) is 0 Å². The van der Waals surface area contributed by atoms with Crippen LogP contribution in [0.4, 0.5) is 0 Å². The van der Waals surface area contributed by atoms with Gasteiger partial charge in [-0.1, -0.05) is 40.5 Å². The summed E-state index contributed by atoms with van der Waals surface area (Å²) in [5.74, 6) is 0.784. The van der Waals surface area contributed by atoms with E-state index in [1.54, 1.807) is 0 Å². The molecule has 3 N–H and O–H groups in total. The fourth-order valence-corrected chi connectivity index (χ4v) is 1.94. The van der Waals surface area contributed by atoms with E-state index in [1.165, 1.54) is 12.8 Å². The standard InChI is InChI=1S/C15H32N2O/c1-6-7-13(10-11-16)8-9-14(18)17-12(2)15(3,4)5/h12-13H,6-11,16H2,1-5H3,(H,17,18). The van der Waals surface area contributed by atoms with Crippen molar-refractivity contribution in [3.05, 3.63) is 0 Å². The molecule has 0 spiro atoms. The molecular weight excluding hydrogens is 224 g/mol. The summed E-state index contributed by atoms with van der Waals surface area (Å²) in [6.07, 6.45) is 4.98. The first-order chi connectivity index (χ1) is 8.31. The van der Waals surface area contributed by atoms with Gasteiger partial charge in [-0.2, -0.15) is 0 Å². The lowest BCUT2D eigenvalue weighted by atomic mass is 9.88. The van der Waals surface area contributed by atoms with Crippen molar-refractivity contribution in [2.75, 3.05) is 6.54 Å². The number of hydrogen-bond acceptors (Lipinski definition) is 2. The summed E-state index contributed by atoms with van der Waals surface area (Å²) in [6, 6.07) is 0.212. The van der Waals surface area contributed by atoms with Gasteiger partial charge in [0.1, 0.15) is 0 Å². The number of nitrogens with two attached hydrogens (primary N) is 1. The van der Waals surface area contributed by atoms with Gasteiger partial charge in [-0.25, -0.2) is 0 Å². The van der Waals surface area contributed by atoms with Gasteiger partial charge in [0.25, 0.3) is 0 Å². The molecule has 0 radical (unpaired) electrons. The molecule has 0 fully saturated rings. The Kier molecular flexibility index (Phi) is 8.25. The second kappa shape index (κ2) is 8.52. The molecule has 2 unspecified atom stereocenters. The van der Waals surface area contributed by atoms with E-state index in [2.05, 4.69) is 39.9 Å². The van der Waals surface area contributed by atoms with Crippen LogP contribution in [0.1, 0.15) is 66.7 Å². The summed E-state index contributed by atoms with van der Waals surface area (Å²) in [4.78, 5) is 11.9. The Labute approximate surface area is 113 Å². The molecule has 108 valence electrons. The Balaban J connectivity index is 4.00.